The van der Waals surface area contributed by atoms with Crippen molar-refractivity contribution in [3.63, 3.8) is 0 Å². The minimum Gasteiger partial charge on any atom is -0.488 e. The monoisotopic (exact) mass is 2000 g/mol. The molecule has 0 spiro atoms. The standard InChI is InChI=1S/C109H157N13O22/c1-28-66(2)87(99(135)136)119-96(132)83(65-139-102(8,9)10)115-92(128)79(61-71-51-55-76(56-52-71)143-106(20,21)22)112-93(129)81(62-86(125)144-107(23,24)25)113-95(131)82(64-138-101(5,6)7)116-98(134)89(68(4)141-104(14,15)16)120-94(130)80(60-69-41-33-29-34-42-69)114-97(133)88(67(3)140-103(11,12)13)118-85(124)63-111-91(127)78(117-100(137)108(26,27)122-90(126)77(110)59-70-49-53-75(54-50-70)142-105(17,18)19)57-58-84(123)121-109(72-43-35-30-36-44-72,73-45-37-31-38-46-73)74-47-39-32-40-48-74/h29-56,66-68,77-83,87-89H,28,57-65,110H2,1-27H3,(H,111,127)(H,112,129)(H,113,131)(H,114,133)(H,115,128)(H,116,134)(H,117,137)(H,118,124)(H,119,132)(H,120,130)(H,121,123)(H,122,126)(H,135,136)/t66-,67+,68+,77-,78-,79-,80-,81-,82-,83-,87-,88-,89-/m0/s1. The first-order chi connectivity index (χ1) is 66.7. The van der Waals surface area contributed by atoms with Gasteiger partial charge in [-0.3, -0.25) is 62.3 Å². The van der Waals surface area contributed by atoms with E-state index in [-0.39, 0.29) is 19.3 Å². The molecule has 35 nitrogen and oxygen atoms in total. The van der Waals surface area contributed by atoms with Crippen LogP contribution in [0.2, 0.25) is 0 Å². The number of aliphatic carboxylic acids is 1. The Labute approximate surface area is 848 Å². The van der Waals surface area contributed by atoms with Crippen LogP contribution in [-0.4, -0.2) is 225 Å². The van der Waals surface area contributed by atoms with E-state index in [2.05, 4.69) is 63.8 Å². The van der Waals surface area contributed by atoms with Gasteiger partial charge in [0.1, 0.15) is 93.8 Å². The summed E-state index contributed by atoms with van der Waals surface area (Å²) < 4.78 is 42.7. The molecule has 0 bridgehead atoms. The van der Waals surface area contributed by atoms with Crippen molar-refractivity contribution >= 4 is 82.8 Å². The molecule has 0 aromatic heterocycles. The summed E-state index contributed by atoms with van der Waals surface area (Å²) in [5, 5.41) is 42.9. The van der Waals surface area contributed by atoms with E-state index in [4.69, 9.17) is 38.9 Å². The highest BCUT2D eigenvalue weighted by molar-refractivity contribution is 6.01. The Morgan fingerprint density at radius 2 is 0.708 bits per heavy atom. The van der Waals surface area contributed by atoms with Crippen LogP contribution in [0.15, 0.2) is 170 Å². The number of rotatable bonds is 50. The van der Waals surface area contributed by atoms with Crippen LogP contribution in [0.25, 0.3) is 0 Å². The van der Waals surface area contributed by atoms with Gasteiger partial charge in [0.05, 0.1) is 66.8 Å². The first kappa shape index (κ1) is 120. The fourth-order valence-corrected chi connectivity index (χ4v) is 15.2. The third kappa shape index (κ3) is 41.6. The number of benzene rings is 6. The normalized spacial score (nSPS) is 15.0. The molecule has 0 aliphatic carbocycles. The zero-order chi connectivity index (χ0) is 108. The van der Waals surface area contributed by atoms with Crippen LogP contribution in [0.1, 0.15) is 246 Å². The van der Waals surface area contributed by atoms with Gasteiger partial charge in [0.2, 0.25) is 70.9 Å². The molecule has 13 atom stereocenters. The van der Waals surface area contributed by atoms with Crippen LogP contribution >= 0.6 is 0 Å². The molecule has 0 unspecified atom stereocenters. The maximum atomic E-state index is 15.6. The Balaban J connectivity index is 1.36. The third-order valence-corrected chi connectivity index (χ3v) is 22.2. The number of hydrogen-bond donors (Lipinski definition) is 14. The highest BCUT2D eigenvalue weighted by Crippen LogP contribution is 2.38. The van der Waals surface area contributed by atoms with Crippen molar-refractivity contribution < 1.29 is 105 Å². The number of amides is 12. The van der Waals surface area contributed by atoms with Gasteiger partial charge in [0, 0.05) is 19.3 Å². The van der Waals surface area contributed by atoms with Crippen LogP contribution in [0, 0.1) is 5.92 Å². The van der Waals surface area contributed by atoms with Gasteiger partial charge in [-0.15, -0.1) is 0 Å². The lowest BCUT2D eigenvalue weighted by atomic mass is 9.77. The van der Waals surface area contributed by atoms with Gasteiger partial charge >= 0.3 is 11.9 Å². The van der Waals surface area contributed by atoms with Gasteiger partial charge in [-0.05, 0) is 249 Å². The Morgan fingerprint density at radius 1 is 0.347 bits per heavy atom. The second-order valence-corrected chi connectivity index (χ2v) is 43.8. The van der Waals surface area contributed by atoms with Gasteiger partial charge in [-0.2, -0.15) is 0 Å². The van der Waals surface area contributed by atoms with Gasteiger partial charge in [0.15, 0.2) is 0 Å². The second-order valence-electron chi connectivity index (χ2n) is 43.8. The summed E-state index contributed by atoms with van der Waals surface area (Å²) in [6, 6.07) is 33.6. The van der Waals surface area contributed by atoms with Crippen molar-refractivity contribution in [3.05, 3.63) is 203 Å². The number of ether oxygens (including phenoxy) is 7. The molecule has 0 aliphatic heterocycles. The maximum Gasteiger partial charge on any atom is 0.326 e. The number of carboxylic acid groups (broad SMARTS) is 1. The van der Waals surface area contributed by atoms with Crippen LogP contribution in [-0.2, 0) is 116 Å². The van der Waals surface area contributed by atoms with Crippen LogP contribution in [0.3, 0.4) is 0 Å². The molecule has 0 heterocycles. The molecule has 35 heteroatoms. The molecule has 12 amide bonds. The van der Waals surface area contributed by atoms with E-state index in [0.29, 0.717) is 51.3 Å². The molecule has 790 valence electrons. The van der Waals surface area contributed by atoms with Crippen molar-refractivity contribution in [1.82, 2.24) is 63.8 Å². The highest BCUT2D eigenvalue weighted by Gasteiger charge is 2.44. The lowest BCUT2D eigenvalue weighted by Gasteiger charge is -2.37. The molecule has 6 rings (SSSR count). The Morgan fingerprint density at radius 3 is 1.12 bits per heavy atom. The number of nitrogens with two attached hydrogens (primary N) is 1. The number of carboxylic acids is 1. The van der Waals surface area contributed by atoms with Crippen LogP contribution in [0.4, 0.5) is 0 Å². The summed E-state index contributed by atoms with van der Waals surface area (Å²) in [6.07, 6.45) is -4.41. The highest BCUT2D eigenvalue weighted by atomic mass is 16.6. The molecular formula is C109H157N13O22. The van der Waals surface area contributed by atoms with E-state index in [1.807, 2.05) is 133 Å². The van der Waals surface area contributed by atoms with E-state index in [1.54, 1.807) is 197 Å². The Hall–Kier alpha value is -12.7. The molecule has 144 heavy (non-hydrogen) atoms. The third-order valence-electron chi connectivity index (χ3n) is 22.2. The van der Waals surface area contributed by atoms with Crippen molar-refractivity contribution in [1.29, 1.82) is 0 Å². The average Bonchev–Trinajstić information content (AvgIpc) is 0.751. The number of carbonyl (C=O) groups is 14. The molecule has 15 N–H and O–H groups in total. The van der Waals surface area contributed by atoms with E-state index in [0.717, 1.165) is 0 Å². The predicted molar refractivity (Wildman–Crippen MR) is 548 cm³/mol. The van der Waals surface area contributed by atoms with E-state index >= 15 is 33.6 Å². The van der Waals surface area contributed by atoms with E-state index in [1.165, 1.54) is 27.7 Å². The molecule has 0 saturated carbocycles. The molecular weight excluding hydrogens is 1840 g/mol. The molecule has 0 aliphatic rings. The quantitative estimate of drug-likeness (QED) is 0.0125. The summed E-state index contributed by atoms with van der Waals surface area (Å²) in [6.45, 7) is 43.3. The molecule has 6 aromatic rings. The zero-order valence-electron chi connectivity index (χ0n) is 88.8. The molecule has 0 saturated heterocycles. The smallest absolute Gasteiger partial charge is 0.326 e. The minimum atomic E-state index is -1.94. The molecule has 0 radical (unpaired) electrons. The minimum absolute atomic E-state index is 0.0621. The van der Waals surface area contributed by atoms with E-state index in [9.17, 15) is 38.7 Å². The number of esters is 1. The SMILES string of the molecule is CC[C@H](C)[C@H](NC(=O)[C@H](COC(C)(C)C)NC(=O)[C@H](Cc1ccc(OC(C)(C)C)cc1)NC(=O)[C@H](CC(=O)OC(C)(C)C)NC(=O)[C@H](COC(C)(C)C)NC(=O)[C@@H](NC(=O)[C@H](Cc1ccccc1)NC(=O)[C@@H](NC(=O)CNC(=O)[C@H](CCC(=O)NC(c1ccccc1)(c1ccccc1)c1ccccc1)NC(=O)C(C)(C)NC(=O)[C@@H](N)Cc1ccc(OC(C)(C)C)cc1)[C@@H](C)OC(C)(C)C)[C@@H](C)OC(C)(C)C)C(=O)O. The summed E-state index contributed by atoms with van der Waals surface area (Å²) in [5.41, 5.74) is 0.841. The fourth-order valence-electron chi connectivity index (χ4n) is 15.2. The Kier molecular flexibility index (Phi) is 43.9. The largest absolute Gasteiger partial charge is 0.488 e. The van der Waals surface area contributed by atoms with Crippen molar-refractivity contribution in [2.75, 3.05) is 19.8 Å². The summed E-state index contributed by atoms with van der Waals surface area (Å²) in [5.74, 6) is -13.3. The van der Waals surface area contributed by atoms with Crippen LogP contribution in [0.5, 0.6) is 11.5 Å². The van der Waals surface area contributed by atoms with Gasteiger partial charge in [-0.25, -0.2) is 4.79 Å². The lowest BCUT2D eigenvalue weighted by molar-refractivity contribution is -0.157. The fraction of sp³-hybridized carbons (Fsp3) is 0.541. The van der Waals surface area contributed by atoms with Gasteiger partial charge < -0.3 is 108 Å². The number of nitrogens with one attached hydrogen (secondary N) is 12. The Bertz CT molecular complexity index is 5160. The van der Waals surface area contributed by atoms with Gasteiger partial charge in [0.25, 0.3) is 0 Å². The zero-order valence-corrected chi connectivity index (χ0v) is 88.8. The molecule has 0 fully saturated rings. The topological polar surface area (TPSA) is 494 Å². The summed E-state index contributed by atoms with van der Waals surface area (Å²) in [4.78, 5) is 207. The number of carbonyl (C=O) groups excluding carboxylic acids is 13. The van der Waals surface area contributed by atoms with Gasteiger partial charge in [-0.1, -0.05) is 166 Å². The summed E-state index contributed by atoms with van der Waals surface area (Å²) >= 11 is 0. The van der Waals surface area contributed by atoms with Crippen molar-refractivity contribution in [2.45, 2.75) is 355 Å². The van der Waals surface area contributed by atoms with Crippen LogP contribution < -0.4 is 79.0 Å². The molecule has 6 aromatic carbocycles. The van der Waals surface area contributed by atoms with E-state index < -0.39 is 251 Å². The van der Waals surface area contributed by atoms with Crippen molar-refractivity contribution in [2.24, 2.45) is 11.7 Å². The predicted octanol–water partition coefficient (Wildman–Crippen LogP) is 9.56. The average molecular weight is 2000 g/mol. The number of hydrogen-bond acceptors (Lipinski definition) is 22. The first-order valence-corrected chi connectivity index (χ1v) is 49.0. The lowest BCUT2D eigenvalue weighted by Crippen LogP contribution is -2.64. The van der Waals surface area contributed by atoms with Crippen molar-refractivity contribution in [3.8, 4) is 11.5 Å². The summed E-state index contributed by atoms with van der Waals surface area (Å²) in [7, 11) is 0. The first-order valence-electron chi connectivity index (χ1n) is 49.0. The maximum absolute atomic E-state index is 15.6. The second kappa shape index (κ2) is 52.7.